The summed E-state index contributed by atoms with van der Waals surface area (Å²) in [5, 5.41) is 8.70. The Kier molecular flexibility index (Phi) is 3.61. The van der Waals surface area contributed by atoms with Gasteiger partial charge in [0, 0.05) is 16.8 Å². The fourth-order valence-corrected chi connectivity index (χ4v) is 2.22. The van der Waals surface area contributed by atoms with Crippen molar-refractivity contribution in [2.24, 2.45) is 0 Å². The number of hydrogen-bond acceptors (Lipinski definition) is 2. The molecule has 3 nitrogen and oxygen atoms in total. The molecule has 0 saturated carbocycles. The van der Waals surface area contributed by atoms with E-state index in [2.05, 4.69) is 4.98 Å². The van der Waals surface area contributed by atoms with E-state index in [1.165, 1.54) is 12.1 Å². The second-order valence-corrected chi connectivity index (χ2v) is 4.69. The predicted molar refractivity (Wildman–Crippen MR) is 71.9 cm³/mol. The summed E-state index contributed by atoms with van der Waals surface area (Å²) in [6, 6.07) is 6.16. The van der Waals surface area contributed by atoms with Gasteiger partial charge in [0.15, 0.2) is 5.82 Å². The Balaban J connectivity index is 2.84. The Morgan fingerprint density at radius 1 is 1.32 bits per heavy atom. The largest absolute Gasteiger partial charge is 0.325 e. The first-order chi connectivity index (χ1) is 8.95. The van der Waals surface area contributed by atoms with Gasteiger partial charge in [0.2, 0.25) is 0 Å². The van der Waals surface area contributed by atoms with Crippen molar-refractivity contribution in [3.63, 3.8) is 0 Å². The van der Waals surface area contributed by atoms with Gasteiger partial charge in [-0.3, -0.25) is 4.79 Å². The van der Waals surface area contributed by atoms with E-state index in [1.54, 1.807) is 19.1 Å². The maximum Gasteiger partial charge on any atom is 0.266 e. The van der Waals surface area contributed by atoms with Crippen LogP contribution in [0.1, 0.15) is 11.3 Å². The Hall–Kier alpha value is -1.83. The summed E-state index contributed by atoms with van der Waals surface area (Å²) in [7, 11) is 0. The summed E-state index contributed by atoms with van der Waals surface area (Å²) < 4.78 is 13.7. The highest BCUT2D eigenvalue weighted by atomic mass is 35.5. The molecule has 1 aromatic carbocycles. The van der Waals surface area contributed by atoms with Crippen LogP contribution in [-0.4, -0.2) is 4.98 Å². The van der Waals surface area contributed by atoms with Gasteiger partial charge in [0.25, 0.3) is 5.56 Å². The van der Waals surface area contributed by atoms with E-state index in [1.807, 2.05) is 0 Å². The number of halogens is 3. The van der Waals surface area contributed by atoms with E-state index in [-0.39, 0.29) is 26.7 Å². The third kappa shape index (κ3) is 2.35. The summed E-state index contributed by atoms with van der Waals surface area (Å²) in [4.78, 5) is 14.2. The number of aromatic nitrogens is 1. The maximum atomic E-state index is 13.7. The lowest BCUT2D eigenvalue weighted by molar-refractivity contribution is 0.629. The molecule has 0 fully saturated rings. The molecule has 0 bridgehead atoms. The maximum absolute atomic E-state index is 13.7. The van der Waals surface area contributed by atoms with Crippen molar-refractivity contribution in [1.29, 1.82) is 5.26 Å². The molecule has 0 spiro atoms. The molecular weight excluding hydrogens is 290 g/mol. The fourth-order valence-electron chi connectivity index (χ4n) is 1.75. The highest BCUT2D eigenvalue weighted by Gasteiger charge is 2.16. The molecule has 1 heterocycles. The molecule has 0 aliphatic rings. The van der Waals surface area contributed by atoms with E-state index >= 15 is 0 Å². The lowest BCUT2D eigenvalue weighted by atomic mass is 10.0. The van der Waals surface area contributed by atoms with Gasteiger partial charge in [-0.25, -0.2) is 4.39 Å². The zero-order valence-electron chi connectivity index (χ0n) is 9.72. The van der Waals surface area contributed by atoms with E-state index in [9.17, 15) is 9.18 Å². The molecule has 1 N–H and O–H groups in total. The lowest BCUT2D eigenvalue weighted by Crippen LogP contribution is -2.12. The van der Waals surface area contributed by atoms with Crippen molar-refractivity contribution in [1.82, 2.24) is 4.98 Å². The van der Waals surface area contributed by atoms with Crippen LogP contribution in [0.4, 0.5) is 4.39 Å². The van der Waals surface area contributed by atoms with Gasteiger partial charge < -0.3 is 4.98 Å². The molecule has 0 saturated heterocycles. The predicted octanol–water partition coefficient (Wildman–Crippen LogP) is 3.67. The van der Waals surface area contributed by atoms with Crippen LogP contribution in [0.3, 0.4) is 0 Å². The summed E-state index contributed by atoms with van der Waals surface area (Å²) >= 11 is 11.5. The van der Waals surface area contributed by atoms with Crippen LogP contribution >= 0.6 is 23.2 Å². The number of nitriles is 1. The van der Waals surface area contributed by atoms with Gasteiger partial charge in [-0.15, -0.1) is 0 Å². The number of nitrogens with one attached hydrogen (secondary N) is 1. The first-order valence-corrected chi connectivity index (χ1v) is 5.99. The number of H-pyrrole nitrogens is 1. The van der Waals surface area contributed by atoms with Crippen molar-refractivity contribution in [2.75, 3.05) is 0 Å². The van der Waals surface area contributed by atoms with Crippen molar-refractivity contribution in [3.8, 4) is 17.2 Å². The molecule has 0 aliphatic carbocycles. The fraction of sp³-hybridized carbons (Fsp3) is 0.0769. The van der Waals surface area contributed by atoms with Gasteiger partial charge in [-0.05, 0) is 19.1 Å². The quantitative estimate of drug-likeness (QED) is 0.816. The highest BCUT2D eigenvalue weighted by Crippen LogP contribution is 2.34. The zero-order valence-corrected chi connectivity index (χ0v) is 11.2. The minimum Gasteiger partial charge on any atom is -0.325 e. The number of aryl methyl sites for hydroxylation is 1. The normalized spacial score (nSPS) is 10.3. The van der Waals surface area contributed by atoms with Crippen molar-refractivity contribution >= 4 is 23.2 Å². The first-order valence-electron chi connectivity index (χ1n) is 5.23. The molecule has 6 heteroatoms. The SMILES string of the molecule is Cc1cc(-c2ccc(Cl)c(F)c2Cl)c(C#N)c(=O)[nH]1. The van der Waals surface area contributed by atoms with Crippen molar-refractivity contribution in [2.45, 2.75) is 6.92 Å². The summed E-state index contributed by atoms with van der Waals surface area (Å²) in [6.07, 6.45) is 0. The summed E-state index contributed by atoms with van der Waals surface area (Å²) in [5.41, 5.74) is 0.433. The van der Waals surface area contributed by atoms with Crippen LogP contribution in [0.25, 0.3) is 11.1 Å². The first kappa shape index (κ1) is 13.6. The van der Waals surface area contributed by atoms with Crippen LogP contribution in [0, 0.1) is 24.1 Å². The monoisotopic (exact) mass is 296 g/mol. The van der Waals surface area contributed by atoms with Gasteiger partial charge in [0.1, 0.15) is 11.6 Å². The number of aromatic amines is 1. The molecule has 0 atom stereocenters. The number of nitrogens with zero attached hydrogens (tertiary/aromatic N) is 1. The van der Waals surface area contributed by atoms with Gasteiger partial charge in [-0.1, -0.05) is 29.3 Å². The molecule has 1 aromatic heterocycles. The Morgan fingerprint density at radius 2 is 2.00 bits per heavy atom. The van der Waals surface area contributed by atoms with Crippen molar-refractivity contribution < 1.29 is 4.39 Å². The Morgan fingerprint density at radius 3 is 2.63 bits per heavy atom. The van der Waals surface area contributed by atoms with Crippen LogP contribution in [0.5, 0.6) is 0 Å². The van der Waals surface area contributed by atoms with Crippen LogP contribution < -0.4 is 5.56 Å². The van der Waals surface area contributed by atoms with E-state index in [0.717, 1.165) is 0 Å². The lowest BCUT2D eigenvalue weighted by Gasteiger charge is -2.08. The minimum absolute atomic E-state index is 0.116. The van der Waals surface area contributed by atoms with Gasteiger partial charge in [0.05, 0.1) is 10.0 Å². The second kappa shape index (κ2) is 5.04. The van der Waals surface area contributed by atoms with Crippen molar-refractivity contribution in [3.05, 3.63) is 55.7 Å². The van der Waals surface area contributed by atoms with E-state index in [0.29, 0.717) is 5.69 Å². The second-order valence-electron chi connectivity index (χ2n) is 3.90. The molecule has 0 amide bonds. The third-order valence-electron chi connectivity index (χ3n) is 2.61. The highest BCUT2D eigenvalue weighted by molar-refractivity contribution is 6.36. The zero-order chi connectivity index (χ0) is 14.2. The Labute approximate surface area is 118 Å². The molecule has 0 unspecified atom stereocenters. The summed E-state index contributed by atoms with van der Waals surface area (Å²) in [6.45, 7) is 1.66. The summed E-state index contributed by atoms with van der Waals surface area (Å²) in [5.74, 6) is -0.775. The average Bonchev–Trinajstić information content (AvgIpc) is 2.35. The smallest absolute Gasteiger partial charge is 0.266 e. The number of hydrogen-bond donors (Lipinski definition) is 1. The van der Waals surface area contributed by atoms with Gasteiger partial charge in [-0.2, -0.15) is 5.26 Å². The number of rotatable bonds is 1. The molecule has 2 rings (SSSR count). The Bertz CT molecular complexity index is 762. The number of benzene rings is 1. The van der Waals surface area contributed by atoms with Crippen LogP contribution in [-0.2, 0) is 0 Å². The minimum atomic E-state index is -0.775. The van der Waals surface area contributed by atoms with Gasteiger partial charge >= 0.3 is 0 Å². The van der Waals surface area contributed by atoms with Crippen LogP contribution in [0.15, 0.2) is 23.0 Å². The molecule has 0 radical (unpaired) electrons. The average molecular weight is 297 g/mol. The number of pyridine rings is 1. The molecule has 0 aliphatic heterocycles. The van der Waals surface area contributed by atoms with E-state index in [4.69, 9.17) is 28.5 Å². The molecule has 2 aromatic rings. The van der Waals surface area contributed by atoms with E-state index < -0.39 is 11.4 Å². The molecule has 96 valence electrons. The molecular formula is C13H7Cl2FN2O. The standard InChI is InChI=1S/C13H7Cl2FN2O/c1-6-4-8(9(5-17)13(19)18-6)7-2-3-10(14)12(16)11(7)15/h2-4H,1H3,(H,18,19). The third-order valence-corrected chi connectivity index (χ3v) is 3.27. The van der Waals surface area contributed by atoms with Crippen LogP contribution in [0.2, 0.25) is 10.0 Å². The topological polar surface area (TPSA) is 56.6 Å². The molecule has 19 heavy (non-hydrogen) atoms.